The van der Waals surface area contributed by atoms with Gasteiger partial charge in [0, 0.05) is 0 Å². The Hall–Kier alpha value is -1.56. The molecule has 0 heterocycles. The minimum absolute atomic E-state index is 0.391. The molecule has 0 saturated heterocycles. The van der Waals surface area contributed by atoms with Gasteiger partial charge in [-0.25, -0.2) is 0 Å². The SMILES string of the molecule is COC(=O)C[C@](O)(c1ccccc1)C(F)(F)F. The maximum Gasteiger partial charge on any atom is 0.422 e. The molecule has 6 heteroatoms. The molecule has 0 spiro atoms. The van der Waals surface area contributed by atoms with Crippen molar-refractivity contribution in [3.63, 3.8) is 0 Å². The number of ether oxygens (including phenoxy) is 1. The number of methoxy groups -OCH3 is 1. The van der Waals surface area contributed by atoms with E-state index in [1.54, 1.807) is 0 Å². The third kappa shape index (κ3) is 2.76. The molecule has 0 unspecified atom stereocenters. The molecule has 0 bridgehead atoms. The van der Waals surface area contributed by atoms with Gasteiger partial charge < -0.3 is 9.84 Å². The van der Waals surface area contributed by atoms with Gasteiger partial charge in [-0.05, 0) is 5.56 Å². The smallest absolute Gasteiger partial charge is 0.422 e. The van der Waals surface area contributed by atoms with Gasteiger partial charge in [0.2, 0.25) is 0 Å². The van der Waals surface area contributed by atoms with Gasteiger partial charge in [-0.1, -0.05) is 30.3 Å². The highest BCUT2D eigenvalue weighted by Crippen LogP contribution is 2.41. The first kappa shape index (κ1) is 13.5. The predicted octanol–water partition coefficient (Wildman–Crippen LogP) is 2.00. The van der Waals surface area contributed by atoms with Gasteiger partial charge in [-0.3, -0.25) is 4.79 Å². The van der Waals surface area contributed by atoms with Crippen LogP contribution in [-0.2, 0) is 15.1 Å². The van der Waals surface area contributed by atoms with Crippen molar-refractivity contribution in [2.45, 2.75) is 18.2 Å². The fraction of sp³-hybridized carbons (Fsp3) is 0.364. The van der Waals surface area contributed by atoms with E-state index >= 15 is 0 Å². The number of benzene rings is 1. The Bertz CT molecular complexity index is 389. The van der Waals surface area contributed by atoms with Crippen molar-refractivity contribution in [3.8, 4) is 0 Å². The van der Waals surface area contributed by atoms with E-state index in [-0.39, 0.29) is 0 Å². The number of esters is 1. The minimum atomic E-state index is -4.96. The molecule has 0 aliphatic rings. The van der Waals surface area contributed by atoms with Crippen LogP contribution in [0.2, 0.25) is 0 Å². The highest BCUT2D eigenvalue weighted by Gasteiger charge is 2.56. The van der Waals surface area contributed by atoms with Crippen LogP contribution in [0.1, 0.15) is 12.0 Å². The van der Waals surface area contributed by atoms with E-state index in [0.29, 0.717) is 0 Å². The zero-order chi connectivity index (χ0) is 13.1. The van der Waals surface area contributed by atoms with Gasteiger partial charge in [0.1, 0.15) is 0 Å². The summed E-state index contributed by atoms with van der Waals surface area (Å²) in [5.74, 6) is -1.13. The number of halogens is 3. The number of hydrogen-bond donors (Lipinski definition) is 1. The molecule has 1 rings (SSSR count). The van der Waals surface area contributed by atoms with Crippen LogP contribution in [0.5, 0.6) is 0 Å². The number of carbonyl (C=O) groups is 1. The molecule has 0 amide bonds. The third-order valence-electron chi connectivity index (χ3n) is 2.35. The van der Waals surface area contributed by atoms with Crippen LogP contribution in [0.3, 0.4) is 0 Å². The van der Waals surface area contributed by atoms with Crippen molar-refractivity contribution >= 4 is 5.97 Å². The van der Waals surface area contributed by atoms with E-state index in [1.165, 1.54) is 18.2 Å². The topological polar surface area (TPSA) is 46.5 Å². The summed E-state index contributed by atoms with van der Waals surface area (Å²) in [6.45, 7) is 0. The molecule has 3 nitrogen and oxygen atoms in total. The quantitative estimate of drug-likeness (QED) is 0.832. The first-order chi connectivity index (χ1) is 7.81. The monoisotopic (exact) mass is 248 g/mol. The molecular formula is C11H11F3O3. The number of aliphatic hydroxyl groups is 1. The van der Waals surface area contributed by atoms with Crippen LogP contribution in [0.4, 0.5) is 13.2 Å². The third-order valence-corrected chi connectivity index (χ3v) is 2.35. The number of carbonyl (C=O) groups excluding carboxylic acids is 1. The number of hydrogen-bond acceptors (Lipinski definition) is 3. The van der Waals surface area contributed by atoms with Crippen molar-refractivity contribution in [1.82, 2.24) is 0 Å². The fourth-order valence-electron chi connectivity index (χ4n) is 1.36. The molecule has 1 N–H and O–H groups in total. The Morgan fingerprint density at radius 2 is 1.82 bits per heavy atom. The summed E-state index contributed by atoms with van der Waals surface area (Å²) in [5.41, 5.74) is -3.61. The van der Waals surface area contributed by atoms with Crippen molar-refractivity contribution in [2.24, 2.45) is 0 Å². The second-order valence-corrected chi connectivity index (χ2v) is 3.48. The summed E-state index contributed by atoms with van der Waals surface area (Å²) in [7, 11) is 0.962. The lowest BCUT2D eigenvalue weighted by Gasteiger charge is -2.29. The first-order valence-electron chi connectivity index (χ1n) is 4.72. The highest BCUT2D eigenvalue weighted by atomic mass is 19.4. The summed E-state index contributed by atoms with van der Waals surface area (Å²) in [6, 6.07) is 6.43. The Morgan fingerprint density at radius 3 is 2.24 bits per heavy atom. The Kier molecular flexibility index (Phi) is 3.77. The lowest BCUT2D eigenvalue weighted by molar-refractivity contribution is -0.269. The minimum Gasteiger partial charge on any atom is -0.469 e. The predicted molar refractivity (Wildman–Crippen MR) is 53.0 cm³/mol. The highest BCUT2D eigenvalue weighted by molar-refractivity contribution is 5.71. The Balaban J connectivity index is 3.16. The second kappa shape index (κ2) is 4.75. The molecule has 0 radical (unpaired) electrons. The molecule has 0 saturated carbocycles. The number of rotatable bonds is 3. The Labute approximate surface area is 95.8 Å². The molecule has 0 aliphatic carbocycles. The lowest BCUT2D eigenvalue weighted by Crippen LogP contribution is -2.44. The van der Waals surface area contributed by atoms with Crippen molar-refractivity contribution in [2.75, 3.05) is 7.11 Å². The molecular weight excluding hydrogens is 237 g/mol. The average Bonchev–Trinajstić information content (AvgIpc) is 2.28. The fourth-order valence-corrected chi connectivity index (χ4v) is 1.36. The molecule has 1 aromatic rings. The van der Waals surface area contributed by atoms with Gasteiger partial charge in [-0.15, -0.1) is 0 Å². The van der Waals surface area contributed by atoms with Gasteiger partial charge >= 0.3 is 12.1 Å². The van der Waals surface area contributed by atoms with E-state index in [0.717, 1.165) is 19.2 Å². The van der Waals surface area contributed by atoms with E-state index in [1.807, 2.05) is 0 Å². The van der Waals surface area contributed by atoms with Crippen LogP contribution in [0, 0.1) is 0 Å². The molecule has 1 aromatic carbocycles. The normalized spacial score (nSPS) is 15.1. The largest absolute Gasteiger partial charge is 0.469 e. The molecule has 17 heavy (non-hydrogen) atoms. The van der Waals surface area contributed by atoms with Crippen LogP contribution in [0.25, 0.3) is 0 Å². The van der Waals surface area contributed by atoms with Crippen LogP contribution in [-0.4, -0.2) is 24.4 Å². The van der Waals surface area contributed by atoms with Crippen molar-refractivity contribution in [3.05, 3.63) is 35.9 Å². The summed E-state index contributed by atoms with van der Waals surface area (Å²) >= 11 is 0. The van der Waals surface area contributed by atoms with Crippen molar-refractivity contribution < 1.29 is 27.8 Å². The van der Waals surface area contributed by atoms with Crippen LogP contribution in [0.15, 0.2) is 30.3 Å². The molecule has 0 aromatic heterocycles. The Morgan fingerprint density at radius 1 is 1.29 bits per heavy atom. The van der Waals surface area contributed by atoms with Crippen LogP contribution < -0.4 is 0 Å². The zero-order valence-corrected chi connectivity index (χ0v) is 8.99. The van der Waals surface area contributed by atoms with Gasteiger partial charge in [-0.2, -0.15) is 13.2 Å². The van der Waals surface area contributed by atoms with Crippen LogP contribution >= 0.6 is 0 Å². The van der Waals surface area contributed by atoms with E-state index < -0.39 is 29.7 Å². The maximum absolute atomic E-state index is 12.8. The number of alkyl halides is 3. The second-order valence-electron chi connectivity index (χ2n) is 3.48. The van der Waals surface area contributed by atoms with Gasteiger partial charge in [0.25, 0.3) is 0 Å². The molecule has 94 valence electrons. The van der Waals surface area contributed by atoms with E-state index in [2.05, 4.69) is 4.74 Å². The maximum atomic E-state index is 12.8. The molecule has 0 aliphatic heterocycles. The lowest BCUT2D eigenvalue weighted by atomic mass is 9.90. The van der Waals surface area contributed by atoms with Gasteiger partial charge in [0.05, 0.1) is 13.5 Å². The summed E-state index contributed by atoms with van der Waals surface area (Å²) in [6.07, 6.45) is -6.13. The molecule has 0 fully saturated rings. The summed E-state index contributed by atoms with van der Waals surface area (Å²) in [4.78, 5) is 11.0. The summed E-state index contributed by atoms with van der Waals surface area (Å²) in [5, 5.41) is 9.69. The summed E-state index contributed by atoms with van der Waals surface area (Å²) < 4.78 is 42.7. The van der Waals surface area contributed by atoms with E-state index in [4.69, 9.17) is 0 Å². The average molecular weight is 248 g/mol. The van der Waals surface area contributed by atoms with Crippen molar-refractivity contribution in [1.29, 1.82) is 0 Å². The molecule has 1 atom stereocenters. The van der Waals surface area contributed by atoms with E-state index in [9.17, 15) is 23.1 Å². The zero-order valence-electron chi connectivity index (χ0n) is 8.99. The van der Waals surface area contributed by atoms with Gasteiger partial charge in [0.15, 0.2) is 5.60 Å². The standard InChI is InChI=1S/C11H11F3O3/c1-17-9(15)7-10(16,11(12,13)14)8-5-3-2-4-6-8/h2-6,16H,7H2,1H3/t10-/m0/s1. The first-order valence-corrected chi connectivity index (χ1v) is 4.72.